The molecule has 18 heavy (non-hydrogen) atoms. The van der Waals surface area contributed by atoms with E-state index in [1.165, 1.54) is 18.4 Å². The van der Waals surface area contributed by atoms with Crippen LogP contribution in [-0.2, 0) is 4.74 Å². The molecule has 1 nitrogen and oxygen atoms in total. The minimum Gasteiger partial charge on any atom is -0.361 e. The standard InChI is InChI=1S/C17H26O/c1-7-10-18-17(11-13(2)3)12-14-8-9-16(17,6)15(14,4)5/h1,14H,2,8-12H2,3-6H3/t14-,16-,17-/m1/s1. The van der Waals surface area contributed by atoms with Gasteiger partial charge >= 0.3 is 0 Å². The second kappa shape index (κ2) is 4.14. The Kier molecular flexibility index (Phi) is 3.14. The van der Waals surface area contributed by atoms with Crippen molar-refractivity contribution < 1.29 is 4.74 Å². The molecule has 0 aromatic heterocycles. The zero-order valence-electron chi connectivity index (χ0n) is 12.3. The second-order valence-electron chi connectivity index (χ2n) is 7.11. The van der Waals surface area contributed by atoms with Crippen LogP contribution in [-0.4, -0.2) is 12.2 Å². The summed E-state index contributed by atoms with van der Waals surface area (Å²) in [6, 6.07) is 0. The molecule has 0 aliphatic heterocycles. The van der Waals surface area contributed by atoms with Crippen molar-refractivity contribution in [3.05, 3.63) is 12.2 Å². The van der Waals surface area contributed by atoms with Crippen molar-refractivity contribution in [1.82, 2.24) is 0 Å². The van der Waals surface area contributed by atoms with Crippen LogP contribution in [0.5, 0.6) is 0 Å². The van der Waals surface area contributed by atoms with Crippen LogP contribution in [0, 0.1) is 29.1 Å². The number of hydrogen-bond donors (Lipinski definition) is 0. The van der Waals surface area contributed by atoms with Crippen molar-refractivity contribution in [3.63, 3.8) is 0 Å². The fourth-order valence-corrected chi connectivity index (χ4v) is 4.60. The third-order valence-electron chi connectivity index (χ3n) is 6.04. The van der Waals surface area contributed by atoms with Crippen LogP contribution in [0.2, 0.25) is 0 Å². The summed E-state index contributed by atoms with van der Waals surface area (Å²) >= 11 is 0. The summed E-state index contributed by atoms with van der Waals surface area (Å²) in [4.78, 5) is 0. The van der Waals surface area contributed by atoms with Crippen molar-refractivity contribution in [2.75, 3.05) is 6.61 Å². The van der Waals surface area contributed by atoms with E-state index in [9.17, 15) is 0 Å². The van der Waals surface area contributed by atoms with Crippen LogP contribution >= 0.6 is 0 Å². The minimum atomic E-state index is -0.0857. The smallest absolute Gasteiger partial charge is 0.108 e. The molecule has 2 aliphatic carbocycles. The van der Waals surface area contributed by atoms with Crippen molar-refractivity contribution in [3.8, 4) is 12.3 Å². The highest BCUT2D eigenvalue weighted by atomic mass is 16.5. The van der Waals surface area contributed by atoms with Crippen LogP contribution in [0.1, 0.15) is 53.4 Å². The molecule has 1 heteroatoms. The zero-order valence-corrected chi connectivity index (χ0v) is 12.3. The molecule has 0 aromatic carbocycles. The summed E-state index contributed by atoms with van der Waals surface area (Å²) in [7, 11) is 0. The fraction of sp³-hybridized carbons (Fsp3) is 0.765. The Morgan fingerprint density at radius 3 is 2.50 bits per heavy atom. The molecule has 0 heterocycles. The van der Waals surface area contributed by atoms with Crippen LogP contribution in [0.4, 0.5) is 0 Å². The third kappa shape index (κ3) is 1.58. The van der Waals surface area contributed by atoms with Crippen molar-refractivity contribution >= 4 is 0 Å². The highest BCUT2D eigenvalue weighted by molar-refractivity contribution is 5.21. The molecule has 2 fully saturated rings. The minimum absolute atomic E-state index is 0.0857. The lowest BCUT2D eigenvalue weighted by molar-refractivity contribution is -0.128. The normalized spacial score (nSPS) is 40.7. The van der Waals surface area contributed by atoms with E-state index in [0.717, 1.165) is 18.8 Å². The van der Waals surface area contributed by atoms with E-state index in [1.807, 2.05) is 0 Å². The lowest BCUT2D eigenvalue weighted by Gasteiger charge is -2.48. The Morgan fingerprint density at radius 1 is 1.44 bits per heavy atom. The Bertz CT molecular complexity index is 400. The van der Waals surface area contributed by atoms with E-state index >= 15 is 0 Å². The van der Waals surface area contributed by atoms with Gasteiger partial charge in [-0.1, -0.05) is 32.3 Å². The molecule has 2 saturated carbocycles. The van der Waals surface area contributed by atoms with Gasteiger partial charge in [0.25, 0.3) is 0 Å². The number of hydrogen-bond acceptors (Lipinski definition) is 1. The largest absolute Gasteiger partial charge is 0.361 e. The summed E-state index contributed by atoms with van der Waals surface area (Å²) in [5.74, 6) is 3.41. The van der Waals surface area contributed by atoms with E-state index in [1.54, 1.807) is 0 Å². The van der Waals surface area contributed by atoms with E-state index in [-0.39, 0.29) is 11.0 Å². The number of terminal acetylenes is 1. The van der Waals surface area contributed by atoms with Gasteiger partial charge in [-0.05, 0) is 43.9 Å². The first kappa shape index (κ1) is 13.7. The van der Waals surface area contributed by atoms with Crippen LogP contribution in [0.15, 0.2) is 12.2 Å². The van der Waals surface area contributed by atoms with Crippen LogP contribution in [0.25, 0.3) is 0 Å². The third-order valence-corrected chi connectivity index (χ3v) is 6.04. The maximum Gasteiger partial charge on any atom is 0.108 e. The summed E-state index contributed by atoms with van der Waals surface area (Å²) < 4.78 is 6.23. The molecule has 0 unspecified atom stereocenters. The predicted molar refractivity (Wildman–Crippen MR) is 76.2 cm³/mol. The first-order valence-electron chi connectivity index (χ1n) is 7.01. The number of rotatable bonds is 4. The van der Waals surface area contributed by atoms with Gasteiger partial charge in [-0.2, -0.15) is 0 Å². The van der Waals surface area contributed by atoms with E-state index in [0.29, 0.717) is 12.0 Å². The highest BCUT2D eigenvalue weighted by Gasteiger charge is 2.69. The van der Waals surface area contributed by atoms with E-state index in [4.69, 9.17) is 11.2 Å². The van der Waals surface area contributed by atoms with Gasteiger partial charge in [0, 0.05) is 5.41 Å². The van der Waals surface area contributed by atoms with Gasteiger partial charge in [-0.3, -0.25) is 0 Å². The molecule has 2 rings (SSSR count). The molecular formula is C17H26O. The van der Waals surface area contributed by atoms with E-state index < -0.39 is 0 Å². The second-order valence-corrected chi connectivity index (χ2v) is 7.11. The lowest BCUT2D eigenvalue weighted by atomic mass is 9.63. The molecule has 2 aliphatic rings. The Hall–Kier alpha value is -0.740. The average Bonchev–Trinajstić information content (AvgIpc) is 2.57. The lowest BCUT2D eigenvalue weighted by Crippen LogP contribution is -2.49. The zero-order chi connectivity index (χ0) is 13.6. The topological polar surface area (TPSA) is 9.23 Å². The molecule has 0 N–H and O–H groups in total. The average molecular weight is 246 g/mol. The SMILES string of the molecule is C#CCO[C@]1(CC(=C)C)C[C@H]2CC[C@]1(C)C2(C)C. The first-order valence-corrected chi connectivity index (χ1v) is 7.01. The first-order chi connectivity index (χ1) is 8.29. The number of ether oxygens (including phenoxy) is 1. The van der Waals surface area contributed by atoms with Gasteiger partial charge in [0.1, 0.15) is 6.61 Å². The fourth-order valence-electron chi connectivity index (χ4n) is 4.60. The highest BCUT2D eigenvalue weighted by Crippen LogP contribution is 2.71. The molecule has 0 spiro atoms. The predicted octanol–water partition coefficient (Wildman–Crippen LogP) is 4.19. The molecule has 0 saturated heterocycles. The molecule has 0 radical (unpaired) electrons. The quantitative estimate of drug-likeness (QED) is 0.534. The van der Waals surface area contributed by atoms with Crippen molar-refractivity contribution in [1.29, 1.82) is 0 Å². The number of fused-ring (bicyclic) bond motifs is 2. The van der Waals surface area contributed by atoms with Crippen molar-refractivity contribution in [2.24, 2.45) is 16.7 Å². The van der Waals surface area contributed by atoms with Gasteiger partial charge < -0.3 is 4.74 Å². The van der Waals surface area contributed by atoms with Crippen molar-refractivity contribution in [2.45, 2.75) is 59.0 Å². The molecule has 2 bridgehead atoms. The molecule has 0 aromatic rings. The maximum absolute atomic E-state index is 6.23. The Balaban J connectivity index is 2.38. The molecule has 100 valence electrons. The summed E-state index contributed by atoms with van der Waals surface area (Å²) in [6.45, 7) is 13.8. The summed E-state index contributed by atoms with van der Waals surface area (Å²) in [5.41, 5.74) is 1.69. The van der Waals surface area contributed by atoms with E-state index in [2.05, 4.69) is 40.2 Å². The maximum atomic E-state index is 6.23. The van der Waals surface area contributed by atoms with Gasteiger partial charge in [-0.25, -0.2) is 0 Å². The molecule has 0 amide bonds. The Labute approximate surface area is 112 Å². The van der Waals surface area contributed by atoms with Crippen LogP contribution < -0.4 is 0 Å². The van der Waals surface area contributed by atoms with Gasteiger partial charge in [0.05, 0.1) is 5.60 Å². The monoisotopic (exact) mass is 246 g/mol. The Morgan fingerprint density at radius 2 is 2.11 bits per heavy atom. The summed E-state index contributed by atoms with van der Waals surface area (Å²) in [5, 5.41) is 0. The van der Waals surface area contributed by atoms with Gasteiger partial charge in [0.15, 0.2) is 0 Å². The van der Waals surface area contributed by atoms with Gasteiger partial charge in [-0.15, -0.1) is 13.0 Å². The van der Waals surface area contributed by atoms with Crippen LogP contribution in [0.3, 0.4) is 0 Å². The molecular weight excluding hydrogens is 220 g/mol. The van der Waals surface area contributed by atoms with Gasteiger partial charge in [0.2, 0.25) is 0 Å². The summed E-state index contributed by atoms with van der Waals surface area (Å²) in [6.07, 6.45) is 10.1. The molecule has 3 atom stereocenters.